The number of phenolic OH excluding ortho intramolecular Hbond substituents is 1. The standard InChI is InChI=1S/C42H58N12O12S2/c43-25(20-67)36(60)50-27(16-23-8-10-24(55)11-9-23)39(63)51-28(15-22-5-2-1-3-6-22)38(62)49-26(12-13-32(44)56)37(61)52-29(17-33(45)57)40(64)53-30(21-68)42(66)54-14-4-7-31(54)41(65)48-19-35(59)47-18-34(46)58/h1-3,5-6,8-11,25-31,55,67-68H,4,7,12-21,43H2,(H2,44,56)(H2,45,57)(H2,46,58)(H,47,59)(H,48,65)(H,49,62)(H,50,60)(H,51,63)(H,52,61)(H,53,64). The topological polar surface area (TPSA) is 400 Å². The Hall–Kier alpha value is -6.93. The lowest BCUT2D eigenvalue weighted by Gasteiger charge is -2.29. The summed E-state index contributed by atoms with van der Waals surface area (Å²) in [6.45, 7) is -0.899. The van der Waals surface area contributed by atoms with Crippen LogP contribution in [0.2, 0.25) is 0 Å². The number of carbonyl (C=O) groups excluding carboxylic acids is 11. The van der Waals surface area contributed by atoms with Gasteiger partial charge >= 0.3 is 0 Å². The van der Waals surface area contributed by atoms with Crippen LogP contribution in [0.1, 0.15) is 43.2 Å². The molecule has 1 aliphatic rings. The predicted molar refractivity (Wildman–Crippen MR) is 249 cm³/mol. The molecule has 0 bridgehead atoms. The second kappa shape index (κ2) is 27.6. The zero-order valence-electron chi connectivity index (χ0n) is 36.8. The van der Waals surface area contributed by atoms with Gasteiger partial charge in [0.15, 0.2) is 0 Å². The average molecular weight is 987 g/mol. The Morgan fingerprint density at radius 1 is 0.618 bits per heavy atom. The van der Waals surface area contributed by atoms with E-state index in [2.05, 4.69) is 62.5 Å². The Morgan fingerprint density at radius 2 is 1.15 bits per heavy atom. The molecule has 2 aromatic carbocycles. The van der Waals surface area contributed by atoms with Crippen molar-refractivity contribution < 1.29 is 57.8 Å². The van der Waals surface area contributed by atoms with E-state index in [0.717, 1.165) is 0 Å². The van der Waals surface area contributed by atoms with Gasteiger partial charge in [0.25, 0.3) is 0 Å². The SMILES string of the molecule is NC(=O)CCC(NC(=O)C(Cc1ccccc1)NC(=O)C(Cc1ccc(O)cc1)NC(=O)C(N)CS)C(=O)NC(CC(N)=O)C(=O)NC(CS)C(=O)N1CCCC1C(=O)NCC(=O)NCC(N)=O. The molecule has 1 saturated heterocycles. The fraction of sp³-hybridized carbons (Fsp3) is 0.452. The first-order valence-corrected chi connectivity index (χ1v) is 22.5. The van der Waals surface area contributed by atoms with Gasteiger partial charge in [0, 0.05) is 37.3 Å². The third-order valence-corrected chi connectivity index (χ3v) is 11.1. The van der Waals surface area contributed by atoms with Crippen molar-refractivity contribution in [2.75, 3.05) is 31.1 Å². The average Bonchev–Trinajstić information content (AvgIpc) is 3.80. The van der Waals surface area contributed by atoms with Crippen LogP contribution in [0.25, 0.3) is 0 Å². The first-order chi connectivity index (χ1) is 32.2. The van der Waals surface area contributed by atoms with Crippen molar-refractivity contribution in [3.8, 4) is 5.75 Å². The van der Waals surface area contributed by atoms with Crippen molar-refractivity contribution in [2.24, 2.45) is 22.9 Å². The van der Waals surface area contributed by atoms with Crippen molar-refractivity contribution in [1.82, 2.24) is 42.1 Å². The van der Waals surface area contributed by atoms with Crippen LogP contribution in [0.5, 0.6) is 5.75 Å². The molecule has 24 nitrogen and oxygen atoms in total. The number of nitrogens with zero attached hydrogens (tertiary/aromatic N) is 1. The van der Waals surface area contributed by atoms with Gasteiger partial charge in [0.05, 0.1) is 25.6 Å². The van der Waals surface area contributed by atoms with Crippen LogP contribution in [-0.2, 0) is 65.6 Å². The van der Waals surface area contributed by atoms with Crippen molar-refractivity contribution in [2.45, 2.75) is 87.2 Å². The number of likely N-dealkylation sites (tertiary alicyclic amines) is 1. The van der Waals surface area contributed by atoms with Gasteiger partial charge in [0.2, 0.25) is 65.0 Å². The van der Waals surface area contributed by atoms with Gasteiger partial charge < -0.3 is 70.2 Å². The van der Waals surface area contributed by atoms with Crippen molar-refractivity contribution >= 4 is 90.2 Å². The molecule has 16 N–H and O–H groups in total. The van der Waals surface area contributed by atoms with Crippen LogP contribution >= 0.6 is 25.3 Å². The first-order valence-electron chi connectivity index (χ1n) is 21.2. The minimum atomic E-state index is -1.77. The highest BCUT2D eigenvalue weighted by Gasteiger charge is 2.39. The van der Waals surface area contributed by atoms with Crippen molar-refractivity contribution in [1.29, 1.82) is 0 Å². The summed E-state index contributed by atoms with van der Waals surface area (Å²) in [4.78, 5) is 144. The minimum absolute atomic E-state index is 0.0508. The maximum atomic E-state index is 14.2. The molecule has 1 fully saturated rings. The van der Waals surface area contributed by atoms with Crippen LogP contribution in [0.4, 0.5) is 0 Å². The Kier molecular flexibility index (Phi) is 22.5. The first kappa shape index (κ1) is 55.4. The Labute approximate surface area is 401 Å². The number of thiol groups is 2. The molecule has 11 amide bonds. The molecule has 1 aliphatic heterocycles. The van der Waals surface area contributed by atoms with E-state index in [1.54, 1.807) is 30.3 Å². The monoisotopic (exact) mass is 986 g/mol. The summed E-state index contributed by atoms with van der Waals surface area (Å²) in [7, 11) is 0. The Morgan fingerprint density at radius 3 is 1.71 bits per heavy atom. The molecule has 0 aliphatic carbocycles. The number of primary amides is 3. The van der Waals surface area contributed by atoms with E-state index in [9.17, 15) is 57.8 Å². The molecule has 2 aromatic rings. The summed E-state index contributed by atoms with van der Waals surface area (Å²) < 4.78 is 0. The molecule has 0 aromatic heterocycles. The van der Waals surface area contributed by atoms with Gasteiger partial charge in [-0.25, -0.2) is 0 Å². The molecule has 3 rings (SSSR count). The highest BCUT2D eigenvalue weighted by molar-refractivity contribution is 7.80. The predicted octanol–water partition coefficient (Wildman–Crippen LogP) is -5.36. The minimum Gasteiger partial charge on any atom is -0.508 e. The quantitative estimate of drug-likeness (QED) is 0.0373. The summed E-state index contributed by atoms with van der Waals surface area (Å²) in [5, 5.41) is 26.8. The van der Waals surface area contributed by atoms with Crippen LogP contribution in [0, 0.1) is 0 Å². The van der Waals surface area contributed by atoms with Crippen molar-refractivity contribution in [3.05, 3.63) is 65.7 Å². The molecule has 7 unspecified atom stereocenters. The Balaban J connectivity index is 1.84. The van der Waals surface area contributed by atoms with E-state index in [1.165, 1.54) is 29.2 Å². The van der Waals surface area contributed by atoms with E-state index in [1.807, 2.05) is 0 Å². The van der Waals surface area contributed by atoms with E-state index >= 15 is 0 Å². The number of amides is 11. The number of rotatable bonds is 27. The van der Waals surface area contributed by atoms with Crippen LogP contribution in [0.3, 0.4) is 0 Å². The highest BCUT2D eigenvalue weighted by atomic mass is 32.1. The molecular weight excluding hydrogens is 929 g/mol. The number of aromatic hydroxyl groups is 1. The largest absolute Gasteiger partial charge is 0.508 e. The molecule has 7 atom stereocenters. The van der Waals surface area contributed by atoms with Gasteiger partial charge in [-0.1, -0.05) is 42.5 Å². The highest BCUT2D eigenvalue weighted by Crippen LogP contribution is 2.19. The van der Waals surface area contributed by atoms with Gasteiger partial charge in [-0.2, -0.15) is 25.3 Å². The van der Waals surface area contributed by atoms with Crippen LogP contribution < -0.4 is 60.2 Å². The molecule has 0 saturated carbocycles. The lowest BCUT2D eigenvalue weighted by Crippen LogP contribution is -2.61. The zero-order chi connectivity index (χ0) is 50.5. The van der Waals surface area contributed by atoms with Crippen LogP contribution in [-0.4, -0.2) is 148 Å². The van der Waals surface area contributed by atoms with Gasteiger partial charge in [-0.15, -0.1) is 0 Å². The van der Waals surface area contributed by atoms with Gasteiger partial charge in [-0.3, -0.25) is 52.7 Å². The number of carbonyl (C=O) groups is 11. The number of phenols is 1. The third-order valence-electron chi connectivity index (χ3n) is 10.3. The summed E-state index contributed by atoms with van der Waals surface area (Å²) in [5.41, 5.74) is 22.8. The normalized spacial score (nSPS) is 15.7. The van der Waals surface area contributed by atoms with E-state index in [-0.39, 0.29) is 43.1 Å². The lowest BCUT2D eigenvalue weighted by molar-refractivity contribution is -0.141. The zero-order valence-corrected chi connectivity index (χ0v) is 38.6. The molecular formula is C42H58N12O12S2. The van der Waals surface area contributed by atoms with E-state index in [0.29, 0.717) is 17.5 Å². The van der Waals surface area contributed by atoms with E-state index in [4.69, 9.17) is 22.9 Å². The summed E-state index contributed by atoms with van der Waals surface area (Å²) in [6.07, 6.45) is -1.41. The fourth-order valence-electron chi connectivity index (χ4n) is 6.77. The maximum absolute atomic E-state index is 14.2. The molecule has 0 radical (unpaired) electrons. The molecule has 68 heavy (non-hydrogen) atoms. The fourth-order valence-corrected chi connectivity index (χ4v) is 7.19. The number of nitrogens with one attached hydrogen (secondary N) is 7. The van der Waals surface area contributed by atoms with Crippen LogP contribution in [0.15, 0.2) is 54.6 Å². The number of benzene rings is 2. The Bertz CT molecular complexity index is 2150. The molecule has 1 heterocycles. The summed E-state index contributed by atoms with van der Waals surface area (Å²) in [5.74, 6) is -10.1. The summed E-state index contributed by atoms with van der Waals surface area (Å²) >= 11 is 8.25. The molecule has 0 spiro atoms. The second-order valence-corrected chi connectivity index (χ2v) is 16.4. The van der Waals surface area contributed by atoms with Crippen molar-refractivity contribution in [3.63, 3.8) is 0 Å². The maximum Gasteiger partial charge on any atom is 0.246 e. The lowest BCUT2D eigenvalue weighted by atomic mass is 10.0. The van der Waals surface area contributed by atoms with Gasteiger partial charge in [-0.05, 0) is 42.5 Å². The smallest absolute Gasteiger partial charge is 0.246 e. The second-order valence-electron chi connectivity index (χ2n) is 15.7. The number of nitrogens with two attached hydrogens (primary N) is 4. The third kappa shape index (κ3) is 18.4. The number of hydrogen-bond donors (Lipinski definition) is 14. The van der Waals surface area contributed by atoms with E-state index < -0.39 is 140 Å². The number of hydrogen-bond acceptors (Lipinski definition) is 15. The molecule has 370 valence electrons. The molecule has 26 heteroatoms. The van der Waals surface area contributed by atoms with Gasteiger partial charge in [0.1, 0.15) is 42.0 Å². The summed E-state index contributed by atoms with van der Waals surface area (Å²) in [6, 6.07) is 4.43.